The summed E-state index contributed by atoms with van der Waals surface area (Å²) in [7, 11) is 0. The van der Waals surface area contributed by atoms with Gasteiger partial charge in [0.15, 0.2) is 0 Å². The standard InChI is InChI=1S/C21H27N3O4/c1-13-9-14(2)17-11-19(22-18(17)10-13)21(28)23-7-4-5-16(6-8-23)24(15(3)25)12-20(26)27/h9-11,16,22H,4-8,12H2,1-3H3,(H,26,27). The maximum atomic E-state index is 13.0. The monoisotopic (exact) mass is 385 g/mol. The van der Waals surface area contributed by atoms with E-state index in [1.807, 2.05) is 26.0 Å². The normalized spacial score (nSPS) is 17.4. The summed E-state index contributed by atoms with van der Waals surface area (Å²) in [6, 6.07) is 5.88. The molecule has 1 aliphatic heterocycles. The number of carbonyl (C=O) groups excluding carboxylic acids is 2. The number of carbonyl (C=O) groups is 3. The van der Waals surface area contributed by atoms with Gasteiger partial charge >= 0.3 is 5.97 Å². The second kappa shape index (κ2) is 8.04. The lowest BCUT2D eigenvalue weighted by Crippen LogP contribution is -2.43. The molecular weight excluding hydrogens is 358 g/mol. The number of amides is 2. The third kappa shape index (κ3) is 4.18. The van der Waals surface area contributed by atoms with Crippen LogP contribution in [0.1, 0.15) is 47.8 Å². The zero-order valence-corrected chi connectivity index (χ0v) is 16.6. The molecule has 1 unspecified atom stereocenters. The highest BCUT2D eigenvalue weighted by atomic mass is 16.4. The Bertz CT molecular complexity index is 918. The molecule has 0 saturated carbocycles. The SMILES string of the molecule is CC(=O)N(CC(=O)O)C1CCCN(C(=O)c2cc3c(C)cc(C)cc3[nH]2)CC1. The summed E-state index contributed by atoms with van der Waals surface area (Å²) in [5.41, 5.74) is 3.80. The largest absolute Gasteiger partial charge is 0.480 e. The average molecular weight is 385 g/mol. The van der Waals surface area contributed by atoms with E-state index in [-0.39, 0.29) is 24.4 Å². The van der Waals surface area contributed by atoms with Crippen LogP contribution >= 0.6 is 0 Å². The Morgan fingerprint density at radius 1 is 1.18 bits per heavy atom. The van der Waals surface area contributed by atoms with Crippen LogP contribution in [0.15, 0.2) is 18.2 Å². The van der Waals surface area contributed by atoms with Crippen molar-refractivity contribution in [2.24, 2.45) is 0 Å². The highest BCUT2D eigenvalue weighted by molar-refractivity contribution is 5.99. The van der Waals surface area contributed by atoms with Crippen molar-refractivity contribution in [1.82, 2.24) is 14.8 Å². The first kappa shape index (κ1) is 19.9. The van der Waals surface area contributed by atoms with Crippen LogP contribution in [0.5, 0.6) is 0 Å². The molecule has 3 rings (SSSR count). The zero-order chi connectivity index (χ0) is 20.4. The van der Waals surface area contributed by atoms with Crippen LogP contribution in [0.2, 0.25) is 0 Å². The van der Waals surface area contributed by atoms with Gasteiger partial charge in [0.1, 0.15) is 12.2 Å². The number of aryl methyl sites for hydroxylation is 2. The molecule has 1 aromatic heterocycles. The molecule has 1 fully saturated rings. The molecule has 2 amide bonds. The van der Waals surface area contributed by atoms with Crippen molar-refractivity contribution in [3.8, 4) is 0 Å². The molecular formula is C21H27N3O4. The number of nitrogens with zero attached hydrogens (tertiary/aromatic N) is 2. The maximum absolute atomic E-state index is 13.0. The lowest BCUT2D eigenvalue weighted by Gasteiger charge is -2.28. The molecule has 2 heterocycles. The van der Waals surface area contributed by atoms with E-state index in [1.165, 1.54) is 11.8 Å². The predicted molar refractivity (Wildman–Crippen MR) is 106 cm³/mol. The fourth-order valence-corrected chi connectivity index (χ4v) is 4.12. The van der Waals surface area contributed by atoms with Crippen LogP contribution in [-0.4, -0.2) is 63.4 Å². The smallest absolute Gasteiger partial charge is 0.323 e. The number of fused-ring (bicyclic) bond motifs is 1. The summed E-state index contributed by atoms with van der Waals surface area (Å²) in [6.07, 6.45) is 2.01. The Balaban J connectivity index is 1.75. The quantitative estimate of drug-likeness (QED) is 0.846. The van der Waals surface area contributed by atoms with Gasteiger partial charge in [-0.25, -0.2) is 0 Å². The summed E-state index contributed by atoms with van der Waals surface area (Å²) in [6.45, 7) is 6.26. The molecule has 0 bridgehead atoms. The Morgan fingerprint density at radius 2 is 1.93 bits per heavy atom. The number of aromatic nitrogens is 1. The summed E-state index contributed by atoms with van der Waals surface area (Å²) in [5, 5.41) is 10.1. The molecule has 1 aliphatic rings. The molecule has 28 heavy (non-hydrogen) atoms. The minimum Gasteiger partial charge on any atom is -0.480 e. The van der Waals surface area contributed by atoms with Crippen LogP contribution in [0.25, 0.3) is 10.9 Å². The molecule has 2 N–H and O–H groups in total. The topological polar surface area (TPSA) is 93.7 Å². The van der Waals surface area contributed by atoms with Crippen LogP contribution in [-0.2, 0) is 9.59 Å². The molecule has 0 radical (unpaired) electrons. The molecule has 150 valence electrons. The van der Waals surface area contributed by atoms with Gasteiger partial charge in [-0.2, -0.15) is 0 Å². The van der Waals surface area contributed by atoms with Crippen molar-refractivity contribution in [3.63, 3.8) is 0 Å². The van der Waals surface area contributed by atoms with E-state index in [0.717, 1.165) is 28.5 Å². The van der Waals surface area contributed by atoms with E-state index in [4.69, 9.17) is 5.11 Å². The first-order valence-corrected chi connectivity index (χ1v) is 9.64. The molecule has 1 atom stereocenters. The van der Waals surface area contributed by atoms with Crippen LogP contribution < -0.4 is 0 Å². The number of likely N-dealkylation sites (tertiary alicyclic amines) is 1. The fourth-order valence-electron chi connectivity index (χ4n) is 4.12. The van der Waals surface area contributed by atoms with Crippen molar-refractivity contribution in [1.29, 1.82) is 0 Å². The summed E-state index contributed by atoms with van der Waals surface area (Å²) < 4.78 is 0. The van der Waals surface area contributed by atoms with Gasteiger partial charge in [-0.1, -0.05) is 6.07 Å². The Kier molecular flexibility index (Phi) is 5.72. The number of benzene rings is 1. The van der Waals surface area contributed by atoms with E-state index in [0.29, 0.717) is 31.6 Å². The molecule has 0 aliphatic carbocycles. The lowest BCUT2D eigenvalue weighted by atomic mass is 10.1. The van der Waals surface area contributed by atoms with Gasteiger partial charge in [0, 0.05) is 37.0 Å². The van der Waals surface area contributed by atoms with Gasteiger partial charge in [0.2, 0.25) is 5.91 Å². The minimum atomic E-state index is -1.02. The van der Waals surface area contributed by atoms with Gasteiger partial charge in [0.25, 0.3) is 5.91 Å². The van der Waals surface area contributed by atoms with E-state index >= 15 is 0 Å². The number of H-pyrrole nitrogens is 1. The van der Waals surface area contributed by atoms with E-state index in [2.05, 4.69) is 11.1 Å². The molecule has 1 saturated heterocycles. The van der Waals surface area contributed by atoms with Crippen LogP contribution in [0.4, 0.5) is 0 Å². The van der Waals surface area contributed by atoms with Crippen molar-refractivity contribution in [2.75, 3.05) is 19.6 Å². The van der Waals surface area contributed by atoms with E-state index in [9.17, 15) is 14.4 Å². The molecule has 7 heteroatoms. The molecule has 1 aromatic carbocycles. The first-order valence-electron chi connectivity index (χ1n) is 9.64. The van der Waals surface area contributed by atoms with Crippen molar-refractivity contribution in [2.45, 2.75) is 46.1 Å². The summed E-state index contributed by atoms with van der Waals surface area (Å²) >= 11 is 0. The highest BCUT2D eigenvalue weighted by Crippen LogP contribution is 2.24. The predicted octanol–water partition coefficient (Wildman–Crippen LogP) is 2.71. The lowest BCUT2D eigenvalue weighted by molar-refractivity contribution is -0.145. The Hall–Kier alpha value is -2.83. The summed E-state index contributed by atoms with van der Waals surface area (Å²) in [5.74, 6) is -1.31. The minimum absolute atomic E-state index is 0.0542. The number of aromatic amines is 1. The molecule has 0 spiro atoms. The van der Waals surface area contributed by atoms with Crippen molar-refractivity contribution >= 4 is 28.7 Å². The second-order valence-electron chi connectivity index (χ2n) is 7.64. The third-order valence-corrected chi connectivity index (χ3v) is 5.46. The van der Waals surface area contributed by atoms with Gasteiger partial charge in [-0.05, 0) is 56.4 Å². The van der Waals surface area contributed by atoms with Gasteiger partial charge in [0.05, 0.1) is 0 Å². The number of rotatable bonds is 4. The Morgan fingerprint density at radius 3 is 2.61 bits per heavy atom. The van der Waals surface area contributed by atoms with Gasteiger partial charge < -0.3 is 19.9 Å². The van der Waals surface area contributed by atoms with Gasteiger partial charge in [-0.15, -0.1) is 0 Å². The zero-order valence-electron chi connectivity index (χ0n) is 16.6. The third-order valence-electron chi connectivity index (χ3n) is 5.46. The second-order valence-corrected chi connectivity index (χ2v) is 7.64. The number of carboxylic acids is 1. The Labute approximate surface area is 164 Å². The van der Waals surface area contributed by atoms with Crippen LogP contribution in [0.3, 0.4) is 0 Å². The fraction of sp³-hybridized carbons (Fsp3) is 0.476. The van der Waals surface area contributed by atoms with Gasteiger partial charge in [-0.3, -0.25) is 14.4 Å². The van der Waals surface area contributed by atoms with E-state index in [1.54, 1.807) is 4.90 Å². The maximum Gasteiger partial charge on any atom is 0.323 e. The summed E-state index contributed by atoms with van der Waals surface area (Å²) in [4.78, 5) is 42.4. The molecule has 7 nitrogen and oxygen atoms in total. The molecule has 2 aromatic rings. The average Bonchev–Trinajstić information content (AvgIpc) is 2.89. The van der Waals surface area contributed by atoms with Crippen LogP contribution in [0, 0.1) is 13.8 Å². The number of nitrogens with one attached hydrogen (secondary N) is 1. The first-order chi connectivity index (χ1) is 13.3. The number of aliphatic carboxylic acids is 1. The van der Waals surface area contributed by atoms with Crippen molar-refractivity contribution < 1.29 is 19.5 Å². The number of hydrogen-bond donors (Lipinski definition) is 2. The number of carboxylic acid groups (broad SMARTS) is 1. The number of hydrogen-bond acceptors (Lipinski definition) is 3. The van der Waals surface area contributed by atoms with Crippen molar-refractivity contribution in [3.05, 3.63) is 35.0 Å². The highest BCUT2D eigenvalue weighted by Gasteiger charge is 2.28. The van der Waals surface area contributed by atoms with E-state index < -0.39 is 5.97 Å².